The van der Waals surface area contributed by atoms with Crippen molar-refractivity contribution in [2.75, 3.05) is 0 Å². The van der Waals surface area contributed by atoms with Gasteiger partial charge in [0.25, 0.3) is 0 Å². The second-order valence-corrected chi connectivity index (χ2v) is 5.69. The molecule has 0 radical (unpaired) electrons. The molecule has 2 rings (SSSR count). The van der Waals surface area contributed by atoms with Crippen LogP contribution in [-0.4, -0.2) is 26.8 Å². The van der Waals surface area contributed by atoms with E-state index in [1.807, 2.05) is 0 Å². The topological polar surface area (TPSA) is 80.2 Å². The molecule has 0 aliphatic rings. The van der Waals surface area contributed by atoms with Gasteiger partial charge in [-0.2, -0.15) is 0 Å². The molecule has 2 aromatic heterocycles. The van der Waals surface area contributed by atoms with Gasteiger partial charge in [-0.3, -0.25) is 4.79 Å². The van der Waals surface area contributed by atoms with Gasteiger partial charge in [0.15, 0.2) is 21.5 Å². The van der Waals surface area contributed by atoms with Crippen molar-refractivity contribution in [1.82, 2.24) is 9.97 Å². The van der Waals surface area contributed by atoms with Gasteiger partial charge < -0.3 is 5.11 Å². The lowest BCUT2D eigenvalue weighted by atomic mass is 10.3. The third kappa shape index (κ3) is 2.36. The molecule has 2 aromatic rings. The average Bonchev–Trinajstić information content (AvgIpc) is 2.82. The van der Waals surface area contributed by atoms with Crippen LogP contribution in [0.25, 0.3) is 10.0 Å². The van der Waals surface area contributed by atoms with Crippen molar-refractivity contribution >= 4 is 46.0 Å². The third-order valence-corrected chi connectivity index (χ3v) is 4.22. The molecule has 88 valence electrons. The number of rotatable bonds is 3. The van der Waals surface area contributed by atoms with E-state index in [1.54, 1.807) is 0 Å². The summed E-state index contributed by atoms with van der Waals surface area (Å²) in [6.07, 6.45) is 1.46. The molecule has 17 heavy (non-hydrogen) atoms. The summed E-state index contributed by atoms with van der Waals surface area (Å²) in [6, 6.07) is 0. The van der Waals surface area contributed by atoms with Crippen molar-refractivity contribution in [3.05, 3.63) is 21.1 Å². The summed E-state index contributed by atoms with van der Waals surface area (Å²) in [7, 11) is 0. The summed E-state index contributed by atoms with van der Waals surface area (Å²) >= 11 is 7.93. The maximum atomic E-state index is 11.3. The van der Waals surface area contributed by atoms with Crippen molar-refractivity contribution in [3.8, 4) is 10.0 Å². The molecule has 0 aliphatic carbocycles. The van der Waals surface area contributed by atoms with E-state index < -0.39 is 5.97 Å². The van der Waals surface area contributed by atoms with Crippen LogP contribution < -0.4 is 0 Å². The van der Waals surface area contributed by atoms with Gasteiger partial charge in [0.2, 0.25) is 0 Å². The number of hydrogen-bond donors (Lipinski definition) is 1. The maximum Gasteiger partial charge on any atom is 0.356 e. The minimum atomic E-state index is -1.22. The van der Waals surface area contributed by atoms with E-state index in [9.17, 15) is 9.59 Å². The van der Waals surface area contributed by atoms with Gasteiger partial charge in [-0.05, 0) is 0 Å². The minimum absolute atomic E-state index is 0.124. The van der Waals surface area contributed by atoms with Crippen LogP contribution in [0.3, 0.4) is 0 Å². The molecule has 0 aliphatic heterocycles. The predicted octanol–water partition coefficient (Wildman–Crippen LogP) is 2.82. The fraction of sp³-hybridized carbons (Fsp3) is 0.111. The van der Waals surface area contributed by atoms with Crippen LogP contribution in [0, 0.1) is 0 Å². The van der Waals surface area contributed by atoms with Crippen LogP contribution >= 0.6 is 34.3 Å². The Bertz CT molecular complexity index is 574. The number of carbonyl (C=O) groups excluding carboxylic acids is 1. The first-order valence-corrected chi connectivity index (χ1v) is 6.37. The highest BCUT2D eigenvalue weighted by atomic mass is 35.5. The summed E-state index contributed by atoms with van der Waals surface area (Å²) in [5.41, 5.74) is -0.233. The Morgan fingerprint density at radius 1 is 1.35 bits per heavy atom. The van der Waals surface area contributed by atoms with E-state index in [-0.39, 0.29) is 16.4 Å². The highest BCUT2D eigenvalue weighted by Gasteiger charge is 2.22. The van der Waals surface area contributed by atoms with Crippen molar-refractivity contribution in [3.63, 3.8) is 0 Å². The molecule has 2 heterocycles. The lowest BCUT2D eigenvalue weighted by molar-refractivity contribution is 0.0687. The molecule has 0 fully saturated rings. The van der Waals surface area contributed by atoms with E-state index in [4.69, 9.17) is 16.7 Å². The van der Waals surface area contributed by atoms with Gasteiger partial charge in [0.1, 0.15) is 9.21 Å². The first kappa shape index (κ1) is 12.2. The Kier molecular flexibility index (Phi) is 3.23. The molecule has 1 N–H and O–H groups in total. The van der Waals surface area contributed by atoms with E-state index >= 15 is 0 Å². The van der Waals surface area contributed by atoms with Crippen LogP contribution in [0.1, 0.15) is 27.1 Å². The minimum Gasteiger partial charge on any atom is -0.476 e. The molecule has 0 spiro atoms. The van der Waals surface area contributed by atoms with Crippen LogP contribution in [0.2, 0.25) is 4.34 Å². The van der Waals surface area contributed by atoms with E-state index in [2.05, 4.69) is 9.97 Å². The molecule has 0 saturated carbocycles. The van der Waals surface area contributed by atoms with Crippen molar-refractivity contribution in [2.24, 2.45) is 0 Å². The molecular weight excluding hydrogens is 284 g/mol. The van der Waals surface area contributed by atoms with Crippen molar-refractivity contribution < 1.29 is 14.7 Å². The van der Waals surface area contributed by atoms with E-state index in [0.717, 1.165) is 11.3 Å². The van der Waals surface area contributed by atoms with Crippen molar-refractivity contribution in [2.45, 2.75) is 6.92 Å². The average molecular weight is 289 g/mol. The quantitative estimate of drug-likeness (QED) is 0.878. The van der Waals surface area contributed by atoms with Gasteiger partial charge >= 0.3 is 5.97 Å². The Morgan fingerprint density at radius 2 is 2.06 bits per heavy atom. The number of thiazole rings is 2. The molecule has 5 nitrogen and oxygen atoms in total. The zero-order valence-electron chi connectivity index (χ0n) is 8.43. The second-order valence-electron chi connectivity index (χ2n) is 3.03. The number of ketones is 1. The number of carbonyl (C=O) groups is 2. The van der Waals surface area contributed by atoms with Crippen LogP contribution in [0.15, 0.2) is 6.20 Å². The van der Waals surface area contributed by atoms with Gasteiger partial charge in [-0.1, -0.05) is 22.9 Å². The SMILES string of the molecule is CC(=O)c1sc(-c2ncc(Cl)s2)nc1C(=O)O. The number of halogens is 1. The summed E-state index contributed by atoms with van der Waals surface area (Å²) in [6.45, 7) is 1.30. The molecular formula is C9H5ClN2O3S2. The first-order valence-electron chi connectivity index (χ1n) is 4.36. The highest BCUT2D eigenvalue weighted by molar-refractivity contribution is 7.24. The van der Waals surface area contributed by atoms with Crippen molar-refractivity contribution in [1.29, 1.82) is 0 Å². The molecule has 0 aromatic carbocycles. The monoisotopic (exact) mass is 288 g/mol. The van der Waals surface area contributed by atoms with Gasteiger partial charge in [-0.25, -0.2) is 14.8 Å². The largest absolute Gasteiger partial charge is 0.476 e. The van der Waals surface area contributed by atoms with Crippen LogP contribution in [0.4, 0.5) is 0 Å². The normalized spacial score (nSPS) is 10.5. The lowest BCUT2D eigenvalue weighted by Crippen LogP contribution is -2.03. The number of nitrogens with zero attached hydrogens (tertiary/aromatic N) is 2. The zero-order chi connectivity index (χ0) is 12.6. The van der Waals surface area contributed by atoms with Gasteiger partial charge in [-0.15, -0.1) is 11.3 Å². The second kappa shape index (κ2) is 4.52. The number of carboxylic acids is 1. The number of carboxylic acid groups (broad SMARTS) is 1. The molecule has 0 saturated heterocycles. The molecule has 0 amide bonds. The molecule has 0 atom stereocenters. The number of Topliss-reactive ketones (excluding diaryl/α,β-unsaturated/α-hetero) is 1. The summed E-state index contributed by atoms with van der Waals surface area (Å²) in [5.74, 6) is -1.55. The first-order chi connectivity index (χ1) is 7.99. The van der Waals surface area contributed by atoms with E-state index in [1.165, 1.54) is 24.5 Å². The highest BCUT2D eigenvalue weighted by Crippen LogP contribution is 2.33. The standard InChI is InChI=1S/C9H5ClN2O3S2/c1-3(13)6-5(9(14)15)12-8(17-6)7-11-2-4(10)16-7/h2H,1H3,(H,14,15). The Labute approximate surface area is 109 Å². The van der Waals surface area contributed by atoms with Gasteiger partial charge in [0, 0.05) is 6.92 Å². The number of aromatic nitrogens is 2. The van der Waals surface area contributed by atoms with E-state index in [0.29, 0.717) is 14.4 Å². The lowest BCUT2D eigenvalue weighted by Gasteiger charge is -1.89. The maximum absolute atomic E-state index is 11.3. The number of aromatic carboxylic acids is 1. The zero-order valence-corrected chi connectivity index (χ0v) is 10.8. The Hall–Kier alpha value is -1.31. The Morgan fingerprint density at radius 3 is 2.47 bits per heavy atom. The fourth-order valence-electron chi connectivity index (χ4n) is 1.15. The fourth-order valence-corrected chi connectivity index (χ4v) is 3.04. The summed E-state index contributed by atoms with van der Waals surface area (Å²) in [5, 5.41) is 9.83. The molecule has 8 heteroatoms. The predicted molar refractivity (Wildman–Crippen MR) is 65.2 cm³/mol. The molecule has 0 unspecified atom stereocenters. The number of hydrogen-bond acceptors (Lipinski definition) is 6. The Balaban J connectivity index is 2.54. The molecule has 0 bridgehead atoms. The smallest absolute Gasteiger partial charge is 0.356 e. The summed E-state index contributed by atoms with van der Waals surface area (Å²) < 4.78 is 0.483. The van der Waals surface area contributed by atoms with Gasteiger partial charge in [0.05, 0.1) is 6.20 Å². The summed E-state index contributed by atoms with van der Waals surface area (Å²) in [4.78, 5) is 30.2. The van der Waals surface area contributed by atoms with Crippen LogP contribution in [0.5, 0.6) is 0 Å². The third-order valence-electron chi connectivity index (χ3n) is 1.81. The van der Waals surface area contributed by atoms with Crippen LogP contribution in [-0.2, 0) is 0 Å².